The van der Waals surface area contributed by atoms with Crippen molar-refractivity contribution in [1.29, 1.82) is 0 Å². The second kappa shape index (κ2) is 6.20. The molecule has 1 aromatic heterocycles. The van der Waals surface area contributed by atoms with Crippen LogP contribution < -0.4 is 10.6 Å². The highest BCUT2D eigenvalue weighted by molar-refractivity contribution is 6.03. The van der Waals surface area contributed by atoms with E-state index < -0.39 is 0 Å². The molecule has 2 N–H and O–H groups in total. The number of amides is 1. The van der Waals surface area contributed by atoms with Gasteiger partial charge in [-0.15, -0.1) is 0 Å². The quantitative estimate of drug-likeness (QED) is 0.867. The van der Waals surface area contributed by atoms with Gasteiger partial charge >= 0.3 is 0 Å². The number of para-hydroxylation sites is 1. The molecule has 0 radical (unpaired) electrons. The third-order valence-electron chi connectivity index (χ3n) is 2.90. The van der Waals surface area contributed by atoms with Gasteiger partial charge in [-0.2, -0.15) is 0 Å². The molecular weight excluding hydrogens is 240 g/mol. The van der Waals surface area contributed by atoms with Crippen LogP contribution in [0.4, 0.5) is 5.69 Å². The maximum Gasteiger partial charge on any atom is 0.291 e. The zero-order valence-electron chi connectivity index (χ0n) is 11.2. The molecule has 0 atom stereocenters. The molecule has 4 nitrogen and oxygen atoms in total. The molecule has 0 aliphatic rings. The Hall–Kier alpha value is -2.07. The Balaban J connectivity index is 2.15. The van der Waals surface area contributed by atoms with Gasteiger partial charge in [-0.1, -0.05) is 25.1 Å². The fourth-order valence-electron chi connectivity index (χ4n) is 1.84. The lowest BCUT2D eigenvalue weighted by atomic mass is 10.1. The Morgan fingerprint density at radius 3 is 2.74 bits per heavy atom. The van der Waals surface area contributed by atoms with Gasteiger partial charge in [0, 0.05) is 17.8 Å². The van der Waals surface area contributed by atoms with E-state index in [2.05, 4.69) is 10.6 Å². The molecule has 2 rings (SSSR count). The van der Waals surface area contributed by atoms with Gasteiger partial charge in [0.2, 0.25) is 0 Å². The van der Waals surface area contributed by atoms with Crippen molar-refractivity contribution >= 4 is 11.6 Å². The monoisotopic (exact) mass is 258 g/mol. The third-order valence-corrected chi connectivity index (χ3v) is 2.90. The first-order valence-corrected chi connectivity index (χ1v) is 6.36. The van der Waals surface area contributed by atoms with E-state index >= 15 is 0 Å². The number of furan rings is 1. The third kappa shape index (κ3) is 3.23. The van der Waals surface area contributed by atoms with E-state index in [0.29, 0.717) is 5.76 Å². The van der Waals surface area contributed by atoms with E-state index in [0.717, 1.165) is 29.9 Å². The van der Waals surface area contributed by atoms with Gasteiger partial charge in [0.25, 0.3) is 5.91 Å². The van der Waals surface area contributed by atoms with E-state index in [1.54, 1.807) is 6.07 Å². The Kier molecular flexibility index (Phi) is 4.36. The molecule has 0 aliphatic carbocycles. The maximum absolute atomic E-state index is 12.1. The van der Waals surface area contributed by atoms with Crippen LogP contribution in [0.5, 0.6) is 0 Å². The zero-order chi connectivity index (χ0) is 13.7. The highest BCUT2D eigenvalue weighted by Gasteiger charge is 2.13. The Bertz CT molecular complexity index is 561. The summed E-state index contributed by atoms with van der Waals surface area (Å²) in [6.45, 7) is 5.51. The molecule has 0 unspecified atom stereocenters. The van der Waals surface area contributed by atoms with Crippen LogP contribution in [0.2, 0.25) is 0 Å². The van der Waals surface area contributed by atoms with E-state index in [1.165, 1.54) is 6.26 Å². The van der Waals surface area contributed by atoms with Crippen molar-refractivity contribution in [3.63, 3.8) is 0 Å². The van der Waals surface area contributed by atoms with Gasteiger partial charge in [0.1, 0.15) is 0 Å². The van der Waals surface area contributed by atoms with Gasteiger partial charge < -0.3 is 15.1 Å². The number of nitrogens with one attached hydrogen (secondary N) is 2. The second-order valence-electron chi connectivity index (χ2n) is 4.32. The molecule has 0 spiro atoms. The summed E-state index contributed by atoms with van der Waals surface area (Å²) in [4.78, 5) is 12.1. The predicted octanol–water partition coefficient (Wildman–Crippen LogP) is 2.95. The summed E-state index contributed by atoms with van der Waals surface area (Å²) in [5.74, 6) is 0.143. The number of hydrogen-bond acceptors (Lipinski definition) is 3. The van der Waals surface area contributed by atoms with Crippen molar-refractivity contribution in [2.75, 3.05) is 11.9 Å². The lowest BCUT2D eigenvalue weighted by molar-refractivity contribution is 0.0995. The summed E-state index contributed by atoms with van der Waals surface area (Å²) in [5, 5.41) is 6.14. The van der Waals surface area contributed by atoms with Crippen molar-refractivity contribution in [2.45, 2.75) is 20.4 Å². The molecule has 0 saturated carbocycles. The zero-order valence-corrected chi connectivity index (χ0v) is 11.2. The highest BCUT2D eigenvalue weighted by atomic mass is 16.3. The van der Waals surface area contributed by atoms with Gasteiger partial charge in [-0.25, -0.2) is 0 Å². The van der Waals surface area contributed by atoms with Crippen LogP contribution in [0.25, 0.3) is 0 Å². The van der Waals surface area contributed by atoms with Crippen LogP contribution in [0, 0.1) is 6.92 Å². The molecule has 0 saturated heterocycles. The minimum atomic E-state index is -0.216. The van der Waals surface area contributed by atoms with Gasteiger partial charge in [0.05, 0.1) is 6.26 Å². The first-order valence-electron chi connectivity index (χ1n) is 6.36. The molecule has 100 valence electrons. The maximum atomic E-state index is 12.1. The largest absolute Gasteiger partial charge is 0.459 e. The van der Waals surface area contributed by atoms with E-state index in [4.69, 9.17) is 4.42 Å². The van der Waals surface area contributed by atoms with E-state index in [9.17, 15) is 4.79 Å². The molecule has 0 aliphatic heterocycles. The summed E-state index contributed by atoms with van der Waals surface area (Å²) in [5.41, 5.74) is 2.70. The SMILES string of the molecule is CCNCc1ccccc1NC(=O)c1occc1C. The Labute approximate surface area is 112 Å². The fraction of sp³-hybridized carbons (Fsp3) is 0.267. The van der Waals surface area contributed by atoms with Crippen LogP contribution in [0.1, 0.15) is 28.6 Å². The number of hydrogen-bond donors (Lipinski definition) is 2. The Morgan fingerprint density at radius 2 is 2.05 bits per heavy atom. The van der Waals surface area contributed by atoms with Gasteiger partial charge in [0.15, 0.2) is 5.76 Å². The smallest absolute Gasteiger partial charge is 0.291 e. The molecule has 0 bridgehead atoms. The van der Waals surface area contributed by atoms with Crippen molar-refractivity contribution in [3.8, 4) is 0 Å². The predicted molar refractivity (Wildman–Crippen MR) is 75.2 cm³/mol. The number of carbonyl (C=O) groups is 1. The first kappa shape index (κ1) is 13.4. The average Bonchev–Trinajstić information content (AvgIpc) is 2.84. The molecular formula is C15H18N2O2. The van der Waals surface area contributed by atoms with Crippen molar-refractivity contribution in [3.05, 3.63) is 53.5 Å². The molecule has 1 aromatic carbocycles. The van der Waals surface area contributed by atoms with Crippen molar-refractivity contribution < 1.29 is 9.21 Å². The molecule has 1 amide bonds. The van der Waals surface area contributed by atoms with E-state index in [1.807, 2.05) is 38.1 Å². The normalized spacial score (nSPS) is 10.4. The lowest BCUT2D eigenvalue weighted by Gasteiger charge is -2.10. The van der Waals surface area contributed by atoms with Crippen molar-refractivity contribution in [2.24, 2.45) is 0 Å². The Morgan fingerprint density at radius 1 is 1.26 bits per heavy atom. The van der Waals surface area contributed by atoms with Gasteiger partial charge in [-0.3, -0.25) is 4.79 Å². The fourth-order valence-corrected chi connectivity index (χ4v) is 1.84. The van der Waals surface area contributed by atoms with Crippen LogP contribution in [0.15, 0.2) is 41.0 Å². The second-order valence-corrected chi connectivity index (χ2v) is 4.32. The first-order chi connectivity index (χ1) is 9.22. The molecule has 2 aromatic rings. The minimum Gasteiger partial charge on any atom is -0.459 e. The molecule has 1 heterocycles. The van der Waals surface area contributed by atoms with Crippen LogP contribution in [0.3, 0.4) is 0 Å². The molecule has 19 heavy (non-hydrogen) atoms. The number of carbonyl (C=O) groups excluding carboxylic acids is 1. The topological polar surface area (TPSA) is 54.3 Å². The van der Waals surface area contributed by atoms with Crippen LogP contribution in [-0.4, -0.2) is 12.5 Å². The highest BCUT2D eigenvalue weighted by Crippen LogP contribution is 2.17. The molecule has 0 fully saturated rings. The standard InChI is InChI=1S/C15H18N2O2/c1-3-16-10-12-6-4-5-7-13(12)17-15(18)14-11(2)8-9-19-14/h4-9,16H,3,10H2,1-2H3,(H,17,18). The number of benzene rings is 1. The summed E-state index contributed by atoms with van der Waals surface area (Å²) < 4.78 is 5.19. The van der Waals surface area contributed by atoms with Crippen LogP contribution >= 0.6 is 0 Å². The van der Waals surface area contributed by atoms with Crippen molar-refractivity contribution in [1.82, 2.24) is 5.32 Å². The summed E-state index contributed by atoms with van der Waals surface area (Å²) in [7, 11) is 0. The number of aryl methyl sites for hydroxylation is 1. The average molecular weight is 258 g/mol. The molecule has 4 heteroatoms. The summed E-state index contributed by atoms with van der Waals surface area (Å²) in [6.07, 6.45) is 1.52. The van der Waals surface area contributed by atoms with E-state index in [-0.39, 0.29) is 5.91 Å². The number of anilines is 1. The van der Waals surface area contributed by atoms with Gasteiger partial charge in [-0.05, 0) is 31.2 Å². The summed E-state index contributed by atoms with van der Waals surface area (Å²) >= 11 is 0. The minimum absolute atomic E-state index is 0.216. The lowest BCUT2D eigenvalue weighted by Crippen LogP contribution is -2.17. The number of rotatable bonds is 5. The van der Waals surface area contributed by atoms with Crippen LogP contribution in [-0.2, 0) is 6.54 Å². The summed E-state index contributed by atoms with van der Waals surface area (Å²) in [6, 6.07) is 9.52.